The van der Waals surface area contributed by atoms with Crippen LogP contribution < -0.4 is 0 Å². The Balaban J connectivity index is 2.49. The fraction of sp³-hybridized carbons (Fsp3) is 0.500. The molecule has 0 fully saturated rings. The molecule has 0 bridgehead atoms. The van der Waals surface area contributed by atoms with Gasteiger partial charge in [-0.05, 0) is 12.8 Å². The number of H-pyrrole nitrogens is 1. The summed E-state index contributed by atoms with van der Waals surface area (Å²) in [5.74, 6) is 0. The zero-order valence-corrected chi connectivity index (χ0v) is 4.96. The van der Waals surface area contributed by atoms with Crippen LogP contribution in [0.1, 0.15) is 23.8 Å². The van der Waals surface area contributed by atoms with Crippen LogP contribution in [-0.2, 0) is 6.42 Å². The van der Waals surface area contributed by atoms with Crippen molar-refractivity contribution >= 4 is 0 Å². The molecule has 0 saturated heterocycles. The molecule has 1 aliphatic carbocycles. The van der Waals surface area contributed by atoms with E-state index in [-0.39, 0.29) is 6.10 Å². The highest BCUT2D eigenvalue weighted by atomic mass is 16.3. The molecule has 1 aliphatic rings. The van der Waals surface area contributed by atoms with E-state index in [0.29, 0.717) is 0 Å². The van der Waals surface area contributed by atoms with Crippen LogP contribution >= 0.6 is 0 Å². The van der Waals surface area contributed by atoms with E-state index in [9.17, 15) is 5.11 Å². The predicted molar refractivity (Wildman–Crippen MR) is 31.9 cm³/mol. The van der Waals surface area contributed by atoms with Gasteiger partial charge in [0.25, 0.3) is 0 Å². The molecule has 1 atom stereocenters. The topological polar surface area (TPSA) is 48.9 Å². The van der Waals surface area contributed by atoms with E-state index in [0.717, 1.165) is 24.1 Å². The van der Waals surface area contributed by atoms with Gasteiger partial charge in [-0.1, -0.05) is 0 Å². The highest BCUT2D eigenvalue weighted by molar-refractivity contribution is 5.23. The molecule has 0 aromatic carbocycles. The maximum absolute atomic E-state index is 9.21. The van der Waals surface area contributed by atoms with Crippen molar-refractivity contribution < 1.29 is 5.11 Å². The van der Waals surface area contributed by atoms with Crippen LogP contribution in [0.2, 0.25) is 0 Å². The number of aliphatic hydroxyl groups excluding tert-OH is 1. The zero-order valence-electron chi connectivity index (χ0n) is 4.96. The number of hydrogen-bond donors (Lipinski definition) is 2. The summed E-state index contributed by atoms with van der Waals surface area (Å²) in [6.45, 7) is 0. The molecule has 2 rings (SSSR count). The van der Waals surface area contributed by atoms with Crippen LogP contribution in [0.4, 0.5) is 0 Å². The molecule has 3 heteroatoms. The largest absolute Gasteiger partial charge is 0.388 e. The third-order valence-electron chi connectivity index (χ3n) is 1.78. The van der Waals surface area contributed by atoms with Crippen molar-refractivity contribution in [2.75, 3.05) is 0 Å². The van der Waals surface area contributed by atoms with Gasteiger partial charge >= 0.3 is 0 Å². The Morgan fingerprint density at radius 3 is 3.44 bits per heavy atom. The Morgan fingerprint density at radius 2 is 2.67 bits per heavy atom. The van der Waals surface area contributed by atoms with Gasteiger partial charge in [-0.3, -0.25) is 5.10 Å². The smallest absolute Gasteiger partial charge is 0.0827 e. The second kappa shape index (κ2) is 1.57. The summed E-state index contributed by atoms with van der Waals surface area (Å²) < 4.78 is 0. The number of nitrogens with one attached hydrogen (secondary N) is 1. The second-order valence-electron chi connectivity index (χ2n) is 2.36. The SMILES string of the molecule is OC1CCc2[nH]ncc21. The Morgan fingerprint density at radius 1 is 1.78 bits per heavy atom. The lowest BCUT2D eigenvalue weighted by molar-refractivity contribution is 0.180. The van der Waals surface area contributed by atoms with Gasteiger partial charge in [-0.25, -0.2) is 0 Å². The van der Waals surface area contributed by atoms with Crippen LogP contribution in [0.5, 0.6) is 0 Å². The Labute approximate surface area is 52.7 Å². The molecular formula is C6H8N2O. The first-order valence-corrected chi connectivity index (χ1v) is 3.08. The second-order valence-corrected chi connectivity index (χ2v) is 2.36. The summed E-state index contributed by atoms with van der Waals surface area (Å²) >= 11 is 0. The number of aromatic nitrogens is 2. The summed E-state index contributed by atoms with van der Waals surface area (Å²) in [7, 11) is 0. The average molecular weight is 124 g/mol. The van der Waals surface area contributed by atoms with Gasteiger partial charge in [0.2, 0.25) is 0 Å². The van der Waals surface area contributed by atoms with Crippen molar-refractivity contribution in [3.05, 3.63) is 17.5 Å². The van der Waals surface area contributed by atoms with Crippen molar-refractivity contribution in [3.63, 3.8) is 0 Å². The van der Waals surface area contributed by atoms with Gasteiger partial charge < -0.3 is 5.11 Å². The molecule has 2 N–H and O–H groups in total. The van der Waals surface area contributed by atoms with E-state index in [1.54, 1.807) is 6.20 Å². The third-order valence-corrected chi connectivity index (χ3v) is 1.78. The summed E-state index contributed by atoms with van der Waals surface area (Å²) in [5, 5.41) is 15.9. The Hall–Kier alpha value is -0.830. The minimum atomic E-state index is -0.265. The summed E-state index contributed by atoms with van der Waals surface area (Å²) in [5.41, 5.74) is 2.08. The molecule has 0 aliphatic heterocycles. The first-order valence-electron chi connectivity index (χ1n) is 3.08. The Kier molecular flexibility index (Phi) is 0.873. The molecule has 1 unspecified atom stereocenters. The van der Waals surface area contributed by atoms with Crippen LogP contribution in [0.25, 0.3) is 0 Å². The summed E-state index contributed by atoms with van der Waals surface area (Å²) in [4.78, 5) is 0. The Bertz CT molecular complexity index is 219. The maximum atomic E-state index is 9.21. The lowest BCUT2D eigenvalue weighted by Crippen LogP contribution is -1.86. The van der Waals surface area contributed by atoms with E-state index in [1.807, 2.05) is 0 Å². The number of hydrogen-bond acceptors (Lipinski definition) is 2. The van der Waals surface area contributed by atoms with Crippen molar-refractivity contribution in [1.29, 1.82) is 0 Å². The number of nitrogens with zero attached hydrogens (tertiary/aromatic N) is 1. The molecular weight excluding hydrogens is 116 g/mol. The minimum Gasteiger partial charge on any atom is -0.388 e. The van der Waals surface area contributed by atoms with Crippen molar-refractivity contribution in [3.8, 4) is 0 Å². The molecule has 1 aromatic rings. The van der Waals surface area contributed by atoms with Crippen molar-refractivity contribution in [2.24, 2.45) is 0 Å². The molecule has 0 radical (unpaired) electrons. The van der Waals surface area contributed by atoms with Gasteiger partial charge in [-0.15, -0.1) is 0 Å². The predicted octanol–water partition coefficient (Wildman–Crippen LogP) is 0.389. The lowest BCUT2D eigenvalue weighted by Gasteiger charge is -1.94. The molecule has 0 saturated carbocycles. The monoisotopic (exact) mass is 124 g/mol. The van der Waals surface area contributed by atoms with Gasteiger partial charge in [-0.2, -0.15) is 5.10 Å². The molecule has 9 heavy (non-hydrogen) atoms. The van der Waals surface area contributed by atoms with E-state index < -0.39 is 0 Å². The quantitative estimate of drug-likeness (QED) is 0.525. The fourth-order valence-corrected chi connectivity index (χ4v) is 1.25. The van der Waals surface area contributed by atoms with E-state index in [1.165, 1.54) is 0 Å². The van der Waals surface area contributed by atoms with Crippen LogP contribution in [0, 0.1) is 0 Å². The van der Waals surface area contributed by atoms with Crippen LogP contribution in [0.3, 0.4) is 0 Å². The van der Waals surface area contributed by atoms with Gasteiger partial charge in [0.05, 0.1) is 12.3 Å². The third kappa shape index (κ3) is 0.580. The van der Waals surface area contributed by atoms with Crippen molar-refractivity contribution in [2.45, 2.75) is 18.9 Å². The van der Waals surface area contributed by atoms with E-state index in [4.69, 9.17) is 0 Å². The highest BCUT2D eigenvalue weighted by Crippen LogP contribution is 2.28. The summed E-state index contributed by atoms with van der Waals surface area (Å²) in [6, 6.07) is 0. The van der Waals surface area contributed by atoms with Crippen molar-refractivity contribution in [1.82, 2.24) is 10.2 Å². The number of aromatic amines is 1. The number of aryl methyl sites for hydroxylation is 1. The minimum absolute atomic E-state index is 0.265. The number of fused-ring (bicyclic) bond motifs is 1. The van der Waals surface area contributed by atoms with E-state index >= 15 is 0 Å². The van der Waals surface area contributed by atoms with Gasteiger partial charge in [0, 0.05) is 11.3 Å². The fourth-order valence-electron chi connectivity index (χ4n) is 1.25. The zero-order chi connectivity index (χ0) is 6.27. The standard InChI is InChI=1S/C6H8N2O/c9-6-2-1-5-4(6)3-7-8-5/h3,6,9H,1-2H2,(H,7,8). The van der Waals surface area contributed by atoms with Crippen LogP contribution in [0.15, 0.2) is 6.20 Å². The summed E-state index contributed by atoms with van der Waals surface area (Å²) in [6.07, 6.45) is 3.23. The molecule has 0 amide bonds. The molecule has 3 nitrogen and oxygen atoms in total. The normalized spacial score (nSPS) is 24.3. The van der Waals surface area contributed by atoms with Crippen LogP contribution in [-0.4, -0.2) is 15.3 Å². The van der Waals surface area contributed by atoms with E-state index in [2.05, 4.69) is 10.2 Å². The lowest BCUT2D eigenvalue weighted by atomic mass is 10.2. The molecule has 1 heterocycles. The highest BCUT2D eigenvalue weighted by Gasteiger charge is 2.21. The van der Waals surface area contributed by atoms with Gasteiger partial charge in [0.1, 0.15) is 0 Å². The molecule has 48 valence electrons. The number of aliphatic hydroxyl groups is 1. The number of rotatable bonds is 0. The van der Waals surface area contributed by atoms with Gasteiger partial charge in [0.15, 0.2) is 0 Å². The molecule has 0 spiro atoms. The first-order chi connectivity index (χ1) is 4.38. The first kappa shape index (κ1) is 4.99. The molecule has 1 aromatic heterocycles. The average Bonchev–Trinajstić information content (AvgIpc) is 2.35. The maximum Gasteiger partial charge on any atom is 0.0827 e.